The molecule has 0 saturated heterocycles. The average Bonchev–Trinajstić information content (AvgIpc) is 2.11. The summed E-state index contributed by atoms with van der Waals surface area (Å²) < 4.78 is 0. The second-order valence-corrected chi connectivity index (χ2v) is 6.37. The molecule has 0 aromatic carbocycles. The van der Waals surface area contributed by atoms with Crippen LogP contribution in [0.3, 0.4) is 0 Å². The van der Waals surface area contributed by atoms with Gasteiger partial charge < -0.3 is 0 Å². The molecule has 0 amide bonds. The van der Waals surface area contributed by atoms with E-state index in [0.29, 0.717) is 0 Å². The maximum Gasteiger partial charge on any atom is -0.0380 e. The van der Waals surface area contributed by atoms with E-state index in [1.165, 1.54) is 25.7 Å². The van der Waals surface area contributed by atoms with E-state index in [1.54, 1.807) is 0 Å². The second kappa shape index (κ2) is 3.87. The first kappa shape index (κ1) is 10.5. The predicted octanol–water partition coefficient (Wildman–Crippen LogP) is 4.35. The van der Waals surface area contributed by atoms with Gasteiger partial charge in [0.25, 0.3) is 0 Å². The van der Waals surface area contributed by atoms with Crippen molar-refractivity contribution in [3.63, 3.8) is 0 Å². The Bertz CT molecular complexity index is 154. The van der Waals surface area contributed by atoms with Crippen LogP contribution in [0.4, 0.5) is 0 Å². The van der Waals surface area contributed by atoms with Crippen molar-refractivity contribution in [2.75, 3.05) is 0 Å². The molecule has 0 N–H and O–H groups in total. The van der Waals surface area contributed by atoms with E-state index in [0.717, 1.165) is 35.5 Å². The lowest BCUT2D eigenvalue weighted by Crippen LogP contribution is -2.36. The molecule has 0 nitrogen and oxygen atoms in total. The number of hydrogen-bond acceptors (Lipinski definition) is 0. The van der Waals surface area contributed by atoms with Gasteiger partial charge in [0.15, 0.2) is 0 Å². The Morgan fingerprint density at radius 1 is 0.500 bits per heavy atom. The molecule has 0 spiro atoms. The Labute approximate surface area is 89.5 Å². The third-order valence-electron chi connectivity index (χ3n) is 5.31. The average molecular weight is 194 g/mol. The van der Waals surface area contributed by atoms with Crippen LogP contribution in [-0.4, -0.2) is 0 Å². The minimum absolute atomic E-state index is 0.983. The van der Waals surface area contributed by atoms with E-state index in [1.807, 2.05) is 0 Å². The molecule has 0 aliphatic heterocycles. The van der Waals surface area contributed by atoms with Crippen molar-refractivity contribution in [3.05, 3.63) is 0 Å². The minimum atomic E-state index is 0.983. The summed E-state index contributed by atoms with van der Waals surface area (Å²) in [6.45, 7) is 9.85. The fourth-order valence-electron chi connectivity index (χ4n) is 3.80. The fraction of sp³-hybridized carbons (Fsp3) is 1.00. The molecule has 2 saturated carbocycles. The zero-order valence-electron chi connectivity index (χ0n) is 10.3. The normalized spacial score (nSPS) is 54.0. The van der Waals surface area contributed by atoms with Crippen LogP contribution in [0.1, 0.15) is 53.4 Å². The number of hydrogen-bond donors (Lipinski definition) is 0. The van der Waals surface area contributed by atoms with E-state index in [2.05, 4.69) is 27.7 Å². The van der Waals surface area contributed by atoms with Crippen LogP contribution >= 0.6 is 0 Å². The molecule has 0 bridgehead atoms. The molecule has 4 atom stereocenters. The second-order valence-electron chi connectivity index (χ2n) is 6.37. The standard InChI is InChI=1S/C14H26/c1-9-5-13-7-11(3)12(4)8-14(13)6-10(9)2/h9-14H,5-8H2,1-4H3. The van der Waals surface area contributed by atoms with E-state index in [4.69, 9.17) is 0 Å². The Morgan fingerprint density at radius 2 is 0.714 bits per heavy atom. The smallest absolute Gasteiger partial charge is 0.0380 e. The van der Waals surface area contributed by atoms with Crippen LogP contribution in [-0.2, 0) is 0 Å². The van der Waals surface area contributed by atoms with Gasteiger partial charge in [0.1, 0.15) is 0 Å². The van der Waals surface area contributed by atoms with Crippen molar-refractivity contribution in [1.29, 1.82) is 0 Å². The largest absolute Gasteiger partial charge is 0.0622 e. The van der Waals surface area contributed by atoms with Crippen LogP contribution in [0.2, 0.25) is 0 Å². The molecule has 0 aromatic rings. The Hall–Kier alpha value is 0. The summed E-state index contributed by atoms with van der Waals surface area (Å²) in [6, 6.07) is 0. The number of fused-ring (bicyclic) bond motifs is 1. The third-order valence-corrected chi connectivity index (χ3v) is 5.31. The first-order valence-electron chi connectivity index (χ1n) is 6.58. The van der Waals surface area contributed by atoms with Gasteiger partial charge in [0, 0.05) is 0 Å². The van der Waals surface area contributed by atoms with Crippen molar-refractivity contribution >= 4 is 0 Å². The molecule has 14 heavy (non-hydrogen) atoms. The molecular formula is C14H26. The van der Waals surface area contributed by atoms with Crippen LogP contribution in [0, 0.1) is 35.5 Å². The molecule has 82 valence electrons. The highest BCUT2D eigenvalue weighted by Crippen LogP contribution is 2.48. The summed E-state index contributed by atoms with van der Waals surface area (Å²) >= 11 is 0. The summed E-state index contributed by atoms with van der Waals surface area (Å²) in [7, 11) is 0. The van der Waals surface area contributed by atoms with Gasteiger partial charge in [-0.1, -0.05) is 27.7 Å². The summed E-state index contributed by atoms with van der Waals surface area (Å²) in [5.74, 6) is 6.09. The van der Waals surface area contributed by atoms with Gasteiger partial charge in [-0.25, -0.2) is 0 Å². The highest BCUT2D eigenvalue weighted by Gasteiger charge is 2.38. The highest BCUT2D eigenvalue weighted by atomic mass is 14.4. The first-order chi connectivity index (χ1) is 6.58. The van der Waals surface area contributed by atoms with E-state index >= 15 is 0 Å². The van der Waals surface area contributed by atoms with Crippen LogP contribution < -0.4 is 0 Å². The SMILES string of the molecule is CC1CC2CC(C)C(C)CC2CC1C. The van der Waals surface area contributed by atoms with Crippen molar-refractivity contribution in [3.8, 4) is 0 Å². The van der Waals surface area contributed by atoms with E-state index in [9.17, 15) is 0 Å². The zero-order valence-corrected chi connectivity index (χ0v) is 10.3. The van der Waals surface area contributed by atoms with Crippen LogP contribution in [0.15, 0.2) is 0 Å². The van der Waals surface area contributed by atoms with Gasteiger partial charge in [0.05, 0.1) is 0 Å². The van der Waals surface area contributed by atoms with Crippen molar-refractivity contribution in [2.24, 2.45) is 35.5 Å². The molecule has 0 heterocycles. The molecule has 0 heteroatoms. The molecule has 0 radical (unpaired) electrons. The maximum atomic E-state index is 2.46. The molecule has 4 unspecified atom stereocenters. The van der Waals surface area contributed by atoms with Gasteiger partial charge in [-0.2, -0.15) is 0 Å². The highest BCUT2D eigenvalue weighted by molar-refractivity contribution is 4.88. The van der Waals surface area contributed by atoms with E-state index < -0.39 is 0 Å². The molecule has 2 fully saturated rings. The topological polar surface area (TPSA) is 0 Å². The first-order valence-corrected chi connectivity index (χ1v) is 6.58. The minimum Gasteiger partial charge on any atom is -0.0622 e. The molecule has 2 aliphatic rings. The fourth-order valence-corrected chi connectivity index (χ4v) is 3.80. The van der Waals surface area contributed by atoms with Crippen LogP contribution in [0.25, 0.3) is 0 Å². The monoisotopic (exact) mass is 194 g/mol. The third kappa shape index (κ3) is 1.85. The zero-order chi connectivity index (χ0) is 10.3. The predicted molar refractivity (Wildman–Crippen MR) is 62.1 cm³/mol. The lowest BCUT2D eigenvalue weighted by molar-refractivity contribution is 0.0458. The summed E-state index contributed by atoms with van der Waals surface area (Å²) in [5.41, 5.74) is 0. The van der Waals surface area contributed by atoms with E-state index in [-0.39, 0.29) is 0 Å². The summed E-state index contributed by atoms with van der Waals surface area (Å²) in [6.07, 6.45) is 6.07. The van der Waals surface area contributed by atoms with Gasteiger partial charge in [-0.15, -0.1) is 0 Å². The summed E-state index contributed by atoms with van der Waals surface area (Å²) in [5, 5.41) is 0. The Kier molecular flexibility index (Phi) is 2.91. The van der Waals surface area contributed by atoms with Gasteiger partial charge >= 0.3 is 0 Å². The van der Waals surface area contributed by atoms with Crippen LogP contribution in [0.5, 0.6) is 0 Å². The molecule has 2 rings (SSSR count). The quantitative estimate of drug-likeness (QED) is 0.538. The Morgan fingerprint density at radius 3 is 0.929 bits per heavy atom. The van der Waals surface area contributed by atoms with Gasteiger partial charge in [-0.05, 0) is 61.2 Å². The van der Waals surface area contributed by atoms with Gasteiger partial charge in [0.2, 0.25) is 0 Å². The summed E-state index contributed by atoms with van der Waals surface area (Å²) in [4.78, 5) is 0. The molecule has 2 aliphatic carbocycles. The number of rotatable bonds is 0. The molecule has 0 aromatic heterocycles. The lowest BCUT2D eigenvalue weighted by Gasteiger charge is -2.46. The van der Waals surface area contributed by atoms with Gasteiger partial charge in [-0.3, -0.25) is 0 Å². The lowest BCUT2D eigenvalue weighted by atomic mass is 9.60. The van der Waals surface area contributed by atoms with Crippen molar-refractivity contribution in [2.45, 2.75) is 53.4 Å². The molecular weight excluding hydrogens is 168 g/mol. The van der Waals surface area contributed by atoms with Crippen molar-refractivity contribution in [1.82, 2.24) is 0 Å². The maximum absolute atomic E-state index is 2.46. The Balaban J connectivity index is 2.01. The van der Waals surface area contributed by atoms with Crippen molar-refractivity contribution < 1.29 is 0 Å².